The third kappa shape index (κ3) is 5.24. The number of hydrogen-bond donors (Lipinski definition) is 2. The number of aliphatic hydroxyl groups excluding tert-OH is 2. The van der Waals surface area contributed by atoms with Gasteiger partial charge in [0, 0.05) is 12.6 Å². The molecule has 0 bridgehead atoms. The SMILES string of the molecule is OC(Cc1ccc2ccccc2c1)CN1CCCC(O)C1CCc1ccccc1. The van der Waals surface area contributed by atoms with Crippen LogP contribution in [-0.2, 0) is 12.8 Å². The Morgan fingerprint density at radius 3 is 2.48 bits per heavy atom. The summed E-state index contributed by atoms with van der Waals surface area (Å²) in [6, 6.07) is 25.3. The summed E-state index contributed by atoms with van der Waals surface area (Å²) in [6.45, 7) is 1.56. The Morgan fingerprint density at radius 2 is 1.66 bits per heavy atom. The summed E-state index contributed by atoms with van der Waals surface area (Å²) in [5.41, 5.74) is 2.47. The van der Waals surface area contributed by atoms with E-state index >= 15 is 0 Å². The van der Waals surface area contributed by atoms with Crippen molar-refractivity contribution in [1.82, 2.24) is 4.90 Å². The first-order valence-electron chi connectivity index (χ1n) is 10.8. The Hall–Kier alpha value is -2.20. The molecule has 0 saturated carbocycles. The predicted molar refractivity (Wildman–Crippen MR) is 119 cm³/mol. The summed E-state index contributed by atoms with van der Waals surface area (Å²) in [6.07, 6.45) is 3.64. The van der Waals surface area contributed by atoms with Gasteiger partial charge in [0.1, 0.15) is 0 Å². The van der Waals surface area contributed by atoms with Crippen molar-refractivity contribution in [3.8, 4) is 0 Å². The lowest BCUT2D eigenvalue weighted by Gasteiger charge is -2.40. The molecular weight excluding hydrogens is 358 g/mol. The molecule has 1 saturated heterocycles. The van der Waals surface area contributed by atoms with Crippen LogP contribution in [0.2, 0.25) is 0 Å². The first-order valence-corrected chi connectivity index (χ1v) is 10.8. The maximum Gasteiger partial charge on any atom is 0.0707 e. The zero-order chi connectivity index (χ0) is 20.1. The van der Waals surface area contributed by atoms with Crippen molar-refractivity contribution in [3.63, 3.8) is 0 Å². The average molecular weight is 390 g/mol. The lowest BCUT2D eigenvalue weighted by Crippen LogP contribution is -2.51. The molecule has 3 aromatic rings. The lowest BCUT2D eigenvalue weighted by atomic mass is 9.92. The summed E-state index contributed by atoms with van der Waals surface area (Å²) in [5.74, 6) is 0. The maximum atomic E-state index is 10.8. The molecule has 3 aromatic carbocycles. The van der Waals surface area contributed by atoms with Crippen LogP contribution in [0.25, 0.3) is 10.8 Å². The van der Waals surface area contributed by atoms with E-state index in [1.54, 1.807) is 0 Å². The molecule has 0 aliphatic carbocycles. The Kier molecular flexibility index (Phi) is 6.60. The van der Waals surface area contributed by atoms with E-state index in [1.807, 2.05) is 12.1 Å². The minimum Gasteiger partial charge on any atom is -0.391 e. The number of aryl methyl sites for hydroxylation is 1. The smallest absolute Gasteiger partial charge is 0.0707 e. The molecule has 0 aromatic heterocycles. The number of likely N-dealkylation sites (tertiary alicyclic amines) is 1. The molecule has 4 rings (SSSR count). The van der Waals surface area contributed by atoms with E-state index in [2.05, 4.69) is 65.6 Å². The normalized spacial score (nSPS) is 21.3. The highest BCUT2D eigenvalue weighted by molar-refractivity contribution is 5.82. The molecular formula is C26H31NO2. The van der Waals surface area contributed by atoms with Gasteiger partial charge in [0.2, 0.25) is 0 Å². The van der Waals surface area contributed by atoms with Crippen LogP contribution >= 0.6 is 0 Å². The van der Waals surface area contributed by atoms with E-state index < -0.39 is 6.10 Å². The standard InChI is InChI=1S/C26H31NO2/c28-24(18-21-12-14-22-9-4-5-10-23(22)17-21)19-27-16-6-11-26(29)25(27)15-13-20-7-2-1-3-8-20/h1-5,7-10,12,14,17,24-26,28-29H,6,11,13,15-16,18-19H2. The molecule has 2 N–H and O–H groups in total. The van der Waals surface area contributed by atoms with E-state index in [4.69, 9.17) is 0 Å². The highest BCUT2D eigenvalue weighted by Gasteiger charge is 2.30. The molecule has 1 heterocycles. The zero-order valence-electron chi connectivity index (χ0n) is 17.0. The van der Waals surface area contributed by atoms with Crippen LogP contribution in [-0.4, -0.2) is 46.5 Å². The van der Waals surface area contributed by atoms with E-state index in [9.17, 15) is 10.2 Å². The maximum absolute atomic E-state index is 10.8. The molecule has 1 aliphatic rings. The van der Waals surface area contributed by atoms with Gasteiger partial charge in [-0.15, -0.1) is 0 Å². The summed E-state index contributed by atoms with van der Waals surface area (Å²) < 4.78 is 0. The molecule has 3 nitrogen and oxygen atoms in total. The van der Waals surface area contributed by atoms with Crippen LogP contribution in [0.3, 0.4) is 0 Å². The number of nitrogens with zero attached hydrogens (tertiary/aromatic N) is 1. The minimum atomic E-state index is -0.430. The first kappa shape index (κ1) is 20.1. The van der Waals surface area contributed by atoms with Crippen LogP contribution in [0.4, 0.5) is 0 Å². The highest BCUT2D eigenvalue weighted by atomic mass is 16.3. The van der Waals surface area contributed by atoms with Crippen molar-refractivity contribution in [2.24, 2.45) is 0 Å². The fraction of sp³-hybridized carbons (Fsp3) is 0.385. The number of piperidine rings is 1. The van der Waals surface area contributed by atoms with Crippen molar-refractivity contribution in [3.05, 3.63) is 83.9 Å². The van der Waals surface area contributed by atoms with Crippen LogP contribution in [0.15, 0.2) is 72.8 Å². The second-order valence-corrected chi connectivity index (χ2v) is 8.34. The van der Waals surface area contributed by atoms with Gasteiger partial charge in [0.15, 0.2) is 0 Å². The molecule has 0 radical (unpaired) electrons. The molecule has 0 amide bonds. The number of benzene rings is 3. The first-order chi connectivity index (χ1) is 14.2. The molecule has 1 aliphatic heterocycles. The average Bonchev–Trinajstić information content (AvgIpc) is 2.74. The Morgan fingerprint density at radius 1 is 0.897 bits per heavy atom. The zero-order valence-corrected chi connectivity index (χ0v) is 17.0. The van der Waals surface area contributed by atoms with Crippen LogP contribution < -0.4 is 0 Å². The van der Waals surface area contributed by atoms with Crippen molar-refractivity contribution in [2.75, 3.05) is 13.1 Å². The molecule has 1 fully saturated rings. The van der Waals surface area contributed by atoms with E-state index in [0.29, 0.717) is 13.0 Å². The van der Waals surface area contributed by atoms with Crippen LogP contribution in [0.1, 0.15) is 30.4 Å². The van der Waals surface area contributed by atoms with Gasteiger partial charge in [-0.3, -0.25) is 4.90 Å². The third-order valence-corrected chi connectivity index (χ3v) is 6.16. The molecule has 29 heavy (non-hydrogen) atoms. The van der Waals surface area contributed by atoms with E-state index in [0.717, 1.165) is 37.8 Å². The van der Waals surface area contributed by atoms with Gasteiger partial charge in [-0.2, -0.15) is 0 Å². The summed E-state index contributed by atoms with van der Waals surface area (Å²) in [4.78, 5) is 2.31. The largest absolute Gasteiger partial charge is 0.391 e. The molecule has 0 spiro atoms. The monoisotopic (exact) mass is 389 g/mol. The van der Waals surface area contributed by atoms with Crippen molar-refractivity contribution >= 4 is 10.8 Å². The molecule has 152 valence electrons. The number of fused-ring (bicyclic) bond motifs is 1. The van der Waals surface area contributed by atoms with Gasteiger partial charge >= 0.3 is 0 Å². The van der Waals surface area contributed by atoms with E-state index in [1.165, 1.54) is 16.3 Å². The summed E-state index contributed by atoms with van der Waals surface area (Å²) in [7, 11) is 0. The Labute approximate surface area is 173 Å². The molecule has 3 heteroatoms. The fourth-order valence-corrected chi connectivity index (χ4v) is 4.64. The second kappa shape index (κ2) is 9.53. The fourth-order valence-electron chi connectivity index (χ4n) is 4.64. The van der Waals surface area contributed by atoms with Crippen LogP contribution in [0.5, 0.6) is 0 Å². The highest BCUT2D eigenvalue weighted by Crippen LogP contribution is 2.23. The second-order valence-electron chi connectivity index (χ2n) is 8.34. The number of β-amino-alcohol motifs (C(OH)–C–C–N with tert-alkyl or cyclic N) is 1. The van der Waals surface area contributed by atoms with Gasteiger partial charge < -0.3 is 10.2 Å². The third-order valence-electron chi connectivity index (χ3n) is 6.16. The Balaban J connectivity index is 1.38. The van der Waals surface area contributed by atoms with Gasteiger partial charge in [-0.25, -0.2) is 0 Å². The molecule has 3 atom stereocenters. The number of rotatable bonds is 7. The number of hydrogen-bond acceptors (Lipinski definition) is 3. The van der Waals surface area contributed by atoms with Gasteiger partial charge in [-0.05, 0) is 60.5 Å². The van der Waals surface area contributed by atoms with Crippen molar-refractivity contribution in [1.29, 1.82) is 0 Å². The van der Waals surface area contributed by atoms with Gasteiger partial charge in [0.25, 0.3) is 0 Å². The lowest BCUT2D eigenvalue weighted by molar-refractivity contribution is -0.0142. The van der Waals surface area contributed by atoms with Crippen LogP contribution in [0, 0.1) is 0 Å². The summed E-state index contributed by atoms with van der Waals surface area (Å²) in [5, 5.41) is 23.8. The summed E-state index contributed by atoms with van der Waals surface area (Å²) >= 11 is 0. The van der Waals surface area contributed by atoms with Gasteiger partial charge in [-0.1, -0.05) is 72.8 Å². The van der Waals surface area contributed by atoms with Crippen molar-refractivity contribution in [2.45, 2.75) is 50.4 Å². The topological polar surface area (TPSA) is 43.7 Å². The Bertz CT molecular complexity index is 911. The molecule has 3 unspecified atom stereocenters. The van der Waals surface area contributed by atoms with Crippen molar-refractivity contribution < 1.29 is 10.2 Å². The van der Waals surface area contributed by atoms with Gasteiger partial charge in [0.05, 0.1) is 12.2 Å². The van der Waals surface area contributed by atoms with E-state index in [-0.39, 0.29) is 12.1 Å². The minimum absolute atomic E-state index is 0.121. The quantitative estimate of drug-likeness (QED) is 0.636. The number of aliphatic hydroxyl groups is 2. The predicted octanol–water partition coefficient (Wildman–Crippen LogP) is 4.20.